The van der Waals surface area contributed by atoms with Crippen LogP contribution in [-0.2, 0) is 20.2 Å². The van der Waals surface area contributed by atoms with E-state index in [9.17, 15) is 5.11 Å². The zero-order chi connectivity index (χ0) is 13.9. The lowest BCUT2D eigenvalue weighted by molar-refractivity contribution is 0.193. The lowest BCUT2D eigenvalue weighted by Gasteiger charge is -2.31. The molecule has 1 atom stereocenters. The third kappa shape index (κ3) is 2.74. The maximum absolute atomic E-state index is 9.21. The number of piperidine rings is 1. The Hall–Kier alpha value is -1.31. The molecule has 1 aliphatic heterocycles. The molecule has 1 N–H and O–H groups in total. The van der Waals surface area contributed by atoms with Crippen LogP contribution in [0.3, 0.4) is 0 Å². The molecule has 0 aromatic carbocycles. The lowest BCUT2D eigenvalue weighted by Crippen LogP contribution is -2.35. The number of hydrogen-bond donors (Lipinski definition) is 1. The highest BCUT2D eigenvalue weighted by Crippen LogP contribution is 2.26. The molecule has 6 nitrogen and oxygen atoms in total. The quantitative estimate of drug-likeness (QED) is 0.916. The number of rotatable bonds is 4. The summed E-state index contributed by atoms with van der Waals surface area (Å²) in [6.45, 7) is 2.94. The van der Waals surface area contributed by atoms with Crippen molar-refractivity contribution in [3.8, 4) is 0 Å². The minimum absolute atomic E-state index is 0.0568. The first kappa shape index (κ1) is 13.7. The van der Waals surface area contributed by atoms with Crippen molar-refractivity contribution in [3.63, 3.8) is 0 Å². The van der Waals surface area contributed by atoms with Crippen LogP contribution in [0.5, 0.6) is 0 Å². The summed E-state index contributed by atoms with van der Waals surface area (Å²) in [7, 11) is 1.93. The average Bonchev–Trinajstić information content (AvgIpc) is 3.08. The first-order valence-electron chi connectivity index (χ1n) is 6.86. The van der Waals surface area contributed by atoms with Crippen LogP contribution >= 0.6 is 11.3 Å². The van der Waals surface area contributed by atoms with Gasteiger partial charge in [0.1, 0.15) is 12.4 Å². The molecule has 2 aromatic rings. The smallest absolute Gasteiger partial charge is 0.158 e. The van der Waals surface area contributed by atoms with Gasteiger partial charge in [0, 0.05) is 31.4 Å². The summed E-state index contributed by atoms with van der Waals surface area (Å²) in [6.07, 6.45) is 2.29. The highest BCUT2D eigenvalue weighted by atomic mass is 32.1. The largest absolute Gasteiger partial charge is 0.388 e. The normalized spacial score (nSPS) is 20.4. The van der Waals surface area contributed by atoms with Gasteiger partial charge in [-0.25, -0.2) is 4.98 Å². The maximum Gasteiger partial charge on any atom is 0.158 e. The van der Waals surface area contributed by atoms with Gasteiger partial charge in [-0.3, -0.25) is 4.90 Å². The highest BCUT2D eigenvalue weighted by molar-refractivity contribution is 7.07. The van der Waals surface area contributed by atoms with Gasteiger partial charge in [-0.15, -0.1) is 21.5 Å². The second-order valence-corrected chi connectivity index (χ2v) is 5.96. The van der Waals surface area contributed by atoms with E-state index in [-0.39, 0.29) is 6.61 Å². The molecule has 1 aliphatic rings. The highest BCUT2D eigenvalue weighted by Gasteiger charge is 2.26. The van der Waals surface area contributed by atoms with E-state index < -0.39 is 0 Å². The number of thiazole rings is 1. The van der Waals surface area contributed by atoms with Crippen molar-refractivity contribution in [2.45, 2.75) is 31.9 Å². The Bertz CT molecular complexity index is 553. The predicted molar refractivity (Wildman–Crippen MR) is 76.3 cm³/mol. The monoisotopic (exact) mass is 293 g/mol. The predicted octanol–water partition coefficient (Wildman–Crippen LogP) is 1.14. The minimum atomic E-state index is -0.0568. The first-order valence-corrected chi connectivity index (χ1v) is 7.80. The Labute approximate surface area is 122 Å². The van der Waals surface area contributed by atoms with Crippen LogP contribution in [0.25, 0.3) is 0 Å². The third-order valence-electron chi connectivity index (χ3n) is 3.88. The first-order chi connectivity index (χ1) is 9.78. The summed E-state index contributed by atoms with van der Waals surface area (Å²) in [6, 6.07) is 0. The second-order valence-electron chi connectivity index (χ2n) is 5.25. The topological polar surface area (TPSA) is 67.1 Å². The molecule has 0 amide bonds. The van der Waals surface area contributed by atoms with E-state index in [1.807, 2.05) is 17.1 Å². The Morgan fingerprint density at radius 2 is 2.35 bits per heavy atom. The molecule has 0 bridgehead atoms. The van der Waals surface area contributed by atoms with Gasteiger partial charge in [0.05, 0.1) is 11.2 Å². The molecule has 0 aliphatic carbocycles. The van der Waals surface area contributed by atoms with E-state index in [1.165, 1.54) is 0 Å². The Morgan fingerprint density at radius 3 is 3.05 bits per heavy atom. The van der Waals surface area contributed by atoms with Crippen molar-refractivity contribution in [1.29, 1.82) is 0 Å². The summed E-state index contributed by atoms with van der Waals surface area (Å²) in [5.41, 5.74) is 3.03. The van der Waals surface area contributed by atoms with E-state index in [0.29, 0.717) is 11.7 Å². The molecule has 20 heavy (non-hydrogen) atoms. The molecule has 1 fully saturated rings. The van der Waals surface area contributed by atoms with Crippen LogP contribution < -0.4 is 0 Å². The summed E-state index contributed by atoms with van der Waals surface area (Å²) in [5.74, 6) is 2.01. The maximum atomic E-state index is 9.21. The molecule has 1 saturated heterocycles. The van der Waals surface area contributed by atoms with Crippen LogP contribution in [0.2, 0.25) is 0 Å². The van der Waals surface area contributed by atoms with Crippen molar-refractivity contribution >= 4 is 11.3 Å². The Kier molecular flexibility index (Phi) is 4.09. The molecule has 0 radical (unpaired) electrons. The summed E-state index contributed by atoms with van der Waals surface area (Å²) < 4.78 is 1.93. The average molecular weight is 293 g/mol. The van der Waals surface area contributed by atoms with E-state index in [0.717, 1.165) is 44.0 Å². The zero-order valence-electron chi connectivity index (χ0n) is 11.6. The minimum Gasteiger partial charge on any atom is -0.388 e. The molecule has 0 unspecified atom stereocenters. The fraction of sp³-hybridized carbons (Fsp3) is 0.615. The van der Waals surface area contributed by atoms with Gasteiger partial charge in [-0.2, -0.15) is 0 Å². The van der Waals surface area contributed by atoms with E-state index in [1.54, 1.807) is 11.3 Å². The SMILES string of the molecule is Cn1c(CO)nnc1[C@@H]1CCCN(Cc2cscn2)C1. The third-order valence-corrected chi connectivity index (χ3v) is 4.52. The molecular formula is C13H19N5OS. The summed E-state index contributed by atoms with van der Waals surface area (Å²) >= 11 is 1.64. The van der Waals surface area contributed by atoms with Crippen molar-refractivity contribution < 1.29 is 5.11 Å². The molecule has 3 heterocycles. The number of hydrogen-bond acceptors (Lipinski definition) is 6. The van der Waals surface area contributed by atoms with Gasteiger partial charge in [-0.1, -0.05) is 0 Å². The molecule has 0 spiro atoms. The molecule has 108 valence electrons. The molecule has 7 heteroatoms. The number of aliphatic hydroxyl groups is 1. The summed E-state index contributed by atoms with van der Waals surface area (Å²) in [5, 5.41) is 19.6. The van der Waals surface area contributed by atoms with Crippen LogP contribution in [0, 0.1) is 0 Å². The van der Waals surface area contributed by atoms with Crippen molar-refractivity contribution in [2.24, 2.45) is 7.05 Å². The summed E-state index contributed by atoms with van der Waals surface area (Å²) in [4.78, 5) is 6.78. The van der Waals surface area contributed by atoms with Gasteiger partial charge in [-0.05, 0) is 19.4 Å². The van der Waals surface area contributed by atoms with Gasteiger partial charge < -0.3 is 9.67 Å². The van der Waals surface area contributed by atoms with Crippen molar-refractivity contribution in [3.05, 3.63) is 28.2 Å². The van der Waals surface area contributed by atoms with Gasteiger partial charge in [0.25, 0.3) is 0 Å². The van der Waals surface area contributed by atoms with E-state index in [4.69, 9.17) is 0 Å². The fourth-order valence-electron chi connectivity index (χ4n) is 2.82. The van der Waals surface area contributed by atoms with Crippen LogP contribution in [0.15, 0.2) is 10.9 Å². The van der Waals surface area contributed by atoms with Crippen LogP contribution in [-0.4, -0.2) is 42.8 Å². The Balaban J connectivity index is 1.69. The van der Waals surface area contributed by atoms with E-state index in [2.05, 4.69) is 25.5 Å². The number of aromatic nitrogens is 4. The Morgan fingerprint density at radius 1 is 1.45 bits per heavy atom. The number of aliphatic hydroxyl groups excluding tert-OH is 1. The second kappa shape index (κ2) is 5.99. The van der Waals surface area contributed by atoms with Gasteiger partial charge in [0.2, 0.25) is 0 Å². The lowest BCUT2D eigenvalue weighted by atomic mass is 9.97. The molecule has 0 saturated carbocycles. The standard InChI is InChI=1S/C13H19N5OS/c1-17-12(7-19)15-16-13(17)10-3-2-4-18(5-10)6-11-8-20-9-14-11/h8-10,19H,2-7H2,1H3/t10-/m1/s1. The molecule has 2 aromatic heterocycles. The molecule has 3 rings (SSSR count). The van der Waals surface area contributed by atoms with Gasteiger partial charge in [0.15, 0.2) is 5.82 Å². The fourth-order valence-corrected chi connectivity index (χ4v) is 3.37. The zero-order valence-corrected chi connectivity index (χ0v) is 12.4. The number of nitrogens with zero attached hydrogens (tertiary/aromatic N) is 5. The number of likely N-dealkylation sites (tertiary alicyclic amines) is 1. The van der Waals surface area contributed by atoms with Crippen LogP contribution in [0.4, 0.5) is 0 Å². The van der Waals surface area contributed by atoms with Crippen LogP contribution in [0.1, 0.15) is 36.1 Å². The van der Waals surface area contributed by atoms with Crippen molar-refractivity contribution in [2.75, 3.05) is 13.1 Å². The molecular weight excluding hydrogens is 274 g/mol. The van der Waals surface area contributed by atoms with Gasteiger partial charge >= 0.3 is 0 Å². The van der Waals surface area contributed by atoms with Crippen molar-refractivity contribution in [1.82, 2.24) is 24.6 Å². The van der Waals surface area contributed by atoms with E-state index >= 15 is 0 Å².